The van der Waals surface area contributed by atoms with Crippen LogP contribution < -0.4 is 10.1 Å². The van der Waals surface area contributed by atoms with Crippen LogP contribution in [0.2, 0.25) is 0 Å². The molecule has 2 aromatic carbocycles. The van der Waals surface area contributed by atoms with Crippen molar-refractivity contribution in [2.45, 2.75) is 65.3 Å². The quantitative estimate of drug-likeness (QED) is 0.282. The van der Waals surface area contributed by atoms with Crippen LogP contribution in [0.5, 0.6) is 5.75 Å². The third-order valence-electron chi connectivity index (χ3n) is 5.99. The molecular weight excluding hydrogens is 398 g/mol. The lowest BCUT2D eigenvalue weighted by Crippen LogP contribution is -2.14. The molecule has 1 aromatic heterocycles. The van der Waals surface area contributed by atoms with E-state index in [9.17, 15) is 0 Å². The first-order chi connectivity index (χ1) is 15.2. The Morgan fingerprint density at radius 2 is 1.74 bits per heavy atom. The zero-order valence-corrected chi connectivity index (χ0v) is 20.1. The maximum atomic E-state index is 6.04. The first kappa shape index (κ1) is 23.6. The average Bonchev–Trinajstić information content (AvgIpc) is 3.32. The van der Waals surface area contributed by atoms with Crippen molar-refractivity contribution < 1.29 is 4.74 Å². The molecule has 0 radical (unpaired) electrons. The summed E-state index contributed by atoms with van der Waals surface area (Å²) in [6.45, 7) is 9.39. The van der Waals surface area contributed by atoms with Crippen molar-refractivity contribution in [3.8, 4) is 5.75 Å². The predicted molar refractivity (Wildman–Crippen MR) is 134 cm³/mol. The summed E-state index contributed by atoms with van der Waals surface area (Å²) in [5.41, 5.74) is 6.96. The summed E-state index contributed by atoms with van der Waals surface area (Å²) < 4.78 is 6.04. The van der Waals surface area contributed by atoms with Crippen LogP contribution in [0, 0.1) is 13.8 Å². The van der Waals surface area contributed by atoms with Gasteiger partial charge < -0.3 is 10.1 Å². The third kappa shape index (κ3) is 7.83. The SMILES string of the molecule is CCCCNCc1ccc(OCCCC(Cc2ccc(C)c(C)c2)c2ccsc2)cc1. The molecule has 3 aromatic rings. The minimum atomic E-state index is 0.550. The molecule has 0 saturated heterocycles. The predicted octanol–water partition coefficient (Wildman–Crippen LogP) is 7.44. The molecule has 3 heteroatoms. The highest BCUT2D eigenvalue weighted by Gasteiger charge is 2.13. The Balaban J connectivity index is 1.46. The van der Waals surface area contributed by atoms with E-state index in [1.807, 2.05) is 0 Å². The van der Waals surface area contributed by atoms with Crippen LogP contribution in [-0.4, -0.2) is 13.2 Å². The first-order valence-electron chi connectivity index (χ1n) is 11.7. The Hall–Kier alpha value is -2.10. The van der Waals surface area contributed by atoms with E-state index in [2.05, 4.69) is 85.4 Å². The van der Waals surface area contributed by atoms with Crippen molar-refractivity contribution >= 4 is 11.3 Å². The molecule has 166 valence electrons. The van der Waals surface area contributed by atoms with Crippen molar-refractivity contribution in [3.63, 3.8) is 0 Å². The van der Waals surface area contributed by atoms with Gasteiger partial charge in [0.15, 0.2) is 0 Å². The number of thiophene rings is 1. The number of ether oxygens (including phenoxy) is 1. The number of nitrogens with one attached hydrogen (secondary N) is 1. The Bertz CT molecular complexity index is 886. The van der Waals surface area contributed by atoms with Crippen LogP contribution in [-0.2, 0) is 13.0 Å². The van der Waals surface area contributed by atoms with Crippen molar-refractivity contribution in [3.05, 3.63) is 87.1 Å². The molecule has 0 bridgehead atoms. The van der Waals surface area contributed by atoms with Gasteiger partial charge in [-0.2, -0.15) is 11.3 Å². The second-order valence-electron chi connectivity index (χ2n) is 8.54. The van der Waals surface area contributed by atoms with E-state index in [0.717, 1.165) is 44.7 Å². The van der Waals surface area contributed by atoms with Gasteiger partial charge in [0.1, 0.15) is 5.75 Å². The van der Waals surface area contributed by atoms with E-state index < -0.39 is 0 Å². The van der Waals surface area contributed by atoms with Gasteiger partial charge in [-0.1, -0.05) is 43.7 Å². The zero-order valence-electron chi connectivity index (χ0n) is 19.3. The van der Waals surface area contributed by atoms with Gasteiger partial charge >= 0.3 is 0 Å². The van der Waals surface area contributed by atoms with E-state index in [1.54, 1.807) is 11.3 Å². The summed E-state index contributed by atoms with van der Waals surface area (Å²) in [6, 6.07) is 17.7. The zero-order chi connectivity index (χ0) is 21.9. The number of unbranched alkanes of at least 4 members (excludes halogenated alkanes) is 1. The maximum Gasteiger partial charge on any atom is 0.119 e. The van der Waals surface area contributed by atoms with Crippen LogP contribution >= 0.6 is 11.3 Å². The van der Waals surface area contributed by atoms with Crippen molar-refractivity contribution in [1.82, 2.24) is 5.32 Å². The van der Waals surface area contributed by atoms with E-state index >= 15 is 0 Å². The first-order valence-corrected chi connectivity index (χ1v) is 12.6. The Morgan fingerprint density at radius 1 is 0.935 bits per heavy atom. The molecule has 31 heavy (non-hydrogen) atoms. The molecule has 0 fully saturated rings. The summed E-state index contributed by atoms with van der Waals surface area (Å²) in [4.78, 5) is 0. The molecule has 1 heterocycles. The standard InChI is InChI=1S/C28H37NOS/c1-4-5-15-29-20-24-10-12-28(13-11-24)30-16-6-7-26(27-14-17-31-21-27)19-25-9-8-22(2)23(3)18-25/h8-14,17-18,21,26,29H,4-7,15-16,19-20H2,1-3H3. The number of benzene rings is 2. The summed E-state index contributed by atoms with van der Waals surface area (Å²) in [5, 5.41) is 7.98. The third-order valence-corrected chi connectivity index (χ3v) is 6.69. The van der Waals surface area contributed by atoms with Crippen LogP contribution in [0.4, 0.5) is 0 Å². The minimum Gasteiger partial charge on any atom is -0.494 e. The molecule has 1 N–H and O–H groups in total. The van der Waals surface area contributed by atoms with Crippen molar-refractivity contribution in [1.29, 1.82) is 0 Å². The molecule has 3 rings (SSSR count). The van der Waals surface area contributed by atoms with Gasteiger partial charge in [0.25, 0.3) is 0 Å². The molecule has 0 saturated carbocycles. The lowest BCUT2D eigenvalue weighted by Gasteiger charge is -2.17. The second-order valence-corrected chi connectivity index (χ2v) is 9.32. The summed E-state index contributed by atoms with van der Waals surface area (Å²) in [6.07, 6.45) is 5.77. The van der Waals surface area contributed by atoms with Crippen molar-refractivity contribution in [2.75, 3.05) is 13.2 Å². The summed E-state index contributed by atoms with van der Waals surface area (Å²) in [5.74, 6) is 1.52. The second kappa shape index (κ2) is 12.7. The van der Waals surface area contributed by atoms with E-state index in [1.165, 1.54) is 40.7 Å². The average molecular weight is 436 g/mol. The van der Waals surface area contributed by atoms with Crippen LogP contribution in [0.1, 0.15) is 66.3 Å². The molecule has 1 atom stereocenters. The molecular formula is C28H37NOS. The van der Waals surface area contributed by atoms with Gasteiger partial charge in [0.05, 0.1) is 6.61 Å². The minimum absolute atomic E-state index is 0.550. The van der Waals surface area contributed by atoms with Crippen LogP contribution in [0.15, 0.2) is 59.3 Å². The monoisotopic (exact) mass is 435 g/mol. The highest BCUT2D eigenvalue weighted by atomic mass is 32.1. The highest BCUT2D eigenvalue weighted by Crippen LogP contribution is 2.28. The fourth-order valence-corrected chi connectivity index (χ4v) is 4.61. The van der Waals surface area contributed by atoms with Gasteiger partial charge in [-0.25, -0.2) is 0 Å². The Morgan fingerprint density at radius 3 is 2.45 bits per heavy atom. The topological polar surface area (TPSA) is 21.3 Å². The van der Waals surface area contributed by atoms with E-state index in [4.69, 9.17) is 4.74 Å². The van der Waals surface area contributed by atoms with E-state index in [0.29, 0.717) is 5.92 Å². The molecule has 0 aliphatic rings. The molecule has 0 amide bonds. The molecule has 1 unspecified atom stereocenters. The molecule has 0 aliphatic carbocycles. The smallest absolute Gasteiger partial charge is 0.119 e. The number of hydrogen-bond acceptors (Lipinski definition) is 3. The van der Waals surface area contributed by atoms with E-state index in [-0.39, 0.29) is 0 Å². The van der Waals surface area contributed by atoms with Crippen LogP contribution in [0.25, 0.3) is 0 Å². The fourth-order valence-electron chi connectivity index (χ4n) is 3.87. The van der Waals surface area contributed by atoms with Gasteiger partial charge in [-0.05, 0) is 109 Å². The molecule has 2 nitrogen and oxygen atoms in total. The molecule has 0 spiro atoms. The maximum absolute atomic E-state index is 6.04. The van der Waals surface area contributed by atoms with Gasteiger partial charge in [0.2, 0.25) is 0 Å². The van der Waals surface area contributed by atoms with Gasteiger partial charge in [0, 0.05) is 6.54 Å². The number of aryl methyl sites for hydroxylation is 2. The lowest BCUT2D eigenvalue weighted by atomic mass is 9.89. The fraction of sp³-hybridized carbons (Fsp3) is 0.429. The summed E-state index contributed by atoms with van der Waals surface area (Å²) >= 11 is 1.79. The van der Waals surface area contributed by atoms with Crippen LogP contribution in [0.3, 0.4) is 0 Å². The lowest BCUT2D eigenvalue weighted by molar-refractivity contribution is 0.301. The number of rotatable bonds is 13. The largest absolute Gasteiger partial charge is 0.494 e. The highest BCUT2D eigenvalue weighted by molar-refractivity contribution is 7.07. The Kier molecular flexibility index (Phi) is 9.64. The normalized spacial score (nSPS) is 12.1. The number of hydrogen-bond donors (Lipinski definition) is 1. The van der Waals surface area contributed by atoms with Crippen molar-refractivity contribution in [2.24, 2.45) is 0 Å². The van der Waals surface area contributed by atoms with Gasteiger partial charge in [-0.3, -0.25) is 0 Å². The Labute approximate surface area is 192 Å². The molecule has 0 aliphatic heterocycles. The summed E-state index contributed by atoms with van der Waals surface area (Å²) in [7, 11) is 0. The van der Waals surface area contributed by atoms with Gasteiger partial charge in [-0.15, -0.1) is 0 Å².